The van der Waals surface area contributed by atoms with Crippen LogP contribution in [0.1, 0.15) is 0 Å². The summed E-state index contributed by atoms with van der Waals surface area (Å²) in [6.07, 6.45) is 0. The monoisotopic (exact) mass is 693 g/mol. The molecule has 0 atom stereocenters. The van der Waals surface area contributed by atoms with E-state index in [9.17, 15) is 0 Å². The average Bonchev–Trinajstić information content (AvgIpc) is 3.87. The van der Waals surface area contributed by atoms with Gasteiger partial charge in [0.25, 0.3) is 0 Å². The summed E-state index contributed by atoms with van der Waals surface area (Å²) < 4.78 is 10.3. The van der Waals surface area contributed by atoms with Crippen molar-refractivity contribution in [3.8, 4) is 11.4 Å². The van der Waals surface area contributed by atoms with Crippen LogP contribution >= 0.6 is 11.3 Å². The molecule has 11 rings (SSSR count). The minimum atomic E-state index is 0.247. The molecule has 5 heteroatoms. The van der Waals surface area contributed by atoms with Gasteiger partial charge in [-0.3, -0.25) is 0 Å². The molecule has 4 heterocycles. The fourth-order valence-corrected chi connectivity index (χ4v) is 11.2. The summed E-state index contributed by atoms with van der Waals surface area (Å²) in [5.41, 5.74) is 7.77. The van der Waals surface area contributed by atoms with Crippen LogP contribution in [0.15, 0.2) is 140 Å². The van der Waals surface area contributed by atoms with Gasteiger partial charge in [0.1, 0.15) is 0 Å². The molecule has 0 aliphatic heterocycles. The predicted octanol–water partition coefficient (Wildman–Crippen LogP) is 12.2. The van der Waals surface area contributed by atoms with Gasteiger partial charge in [-0.25, -0.2) is 0 Å². The Balaban J connectivity index is 1.17. The Kier molecular flexibility index (Phi) is 5.34. The first kappa shape index (κ1) is 26.4. The number of benzene rings is 7. The summed E-state index contributed by atoms with van der Waals surface area (Å²) in [5, 5.41) is 10.2. The van der Waals surface area contributed by atoms with Gasteiger partial charge in [0.05, 0.1) is 0 Å². The summed E-state index contributed by atoms with van der Waals surface area (Å²) in [7, 11) is 0. The Bertz CT molecular complexity index is 3200. The molecule has 0 aliphatic carbocycles. The van der Waals surface area contributed by atoms with Crippen LogP contribution < -0.4 is 0 Å². The normalized spacial score (nSPS) is 12.1. The predicted molar refractivity (Wildman–Crippen MR) is 206 cm³/mol. The molecular formula is C43H23N3SSe. The topological polar surface area (TPSA) is 14.2 Å². The van der Waals surface area contributed by atoms with Crippen LogP contribution in [0.4, 0.5) is 5.69 Å². The fraction of sp³-hybridized carbons (Fsp3) is 0. The first-order valence-electron chi connectivity index (χ1n) is 16.0. The number of thiophene rings is 1. The molecule has 7 aromatic carbocycles. The molecule has 11 aromatic rings. The van der Waals surface area contributed by atoms with Crippen molar-refractivity contribution in [1.29, 1.82) is 0 Å². The van der Waals surface area contributed by atoms with Crippen molar-refractivity contribution < 1.29 is 0 Å². The molecule has 0 bridgehead atoms. The van der Waals surface area contributed by atoms with Crippen LogP contribution in [0.5, 0.6) is 0 Å². The van der Waals surface area contributed by atoms with Gasteiger partial charge < -0.3 is 0 Å². The van der Waals surface area contributed by atoms with E-state index in [-0.39, 0.29) is 14.5 Å². The molecule has 0 amide bonds. The Labute approximate surface area is 284 Å². The molecule has 0 unspecified atom stereocenters. The van der Waals surface area contributed by atoms with E-state index < -0.39 is 0 Å². The SMILES string of the molecule is [C-]#[N+]c1ccc2c(c1)c1ccccc1n2-c1ccc2[se]c3ccc(-n4c5ccccc5c5cc6c(cc54)sc4ccccc46)cc3c2c1. The van der Waals surface area contributed by atoms with Crippen molar-refractivity contribution in [1.82, 2.24) is 9.13 Å². The van der Waals surface area contributed by atoms with Gasteiger partial charge in [-0.1, -0.05) is 0 Å². The zero-order chi connectivity index (χ0) is 31.5. The van der Waals surface area contributed by atoms with Crippen molar-refractivity contribution in [2.75, 3.05) is 0 Å². The second-order valence-electron chi connectivity index (χ2n) is 12.4. The van der Waals surface area contributed by atoms with E-state index in [2.05, 4.69) is 141 Å². The Morgan fingerprint density at radius 3 is 1.71 bits per heavy atom. The molecule has 0 aliphatic rings. The van der Waals surface area contributed by atoms with E-state index in [1.54, 1.807) is 0 Å². The van der Waals surface area contributed by atoms with Crippen molar-refractivity contribution in [2.45, 2.75) is 0 Å². The van der Waals surface area contributed by atoms with E-state index in [4.69, 9.17) is 6.57 Å². The third kappa shape index (κ3) is 3.57. The third-order valence-electron chi connectivity index (χ3n) is 9.91. The first-order valence-corrected chi connectivity index (χ1v) is 18.5. The van der Waals surface area contributed by atoms with Gasteiger partial charge in [-0.15, -0.1) is 0 Å². The molecule has 3 nitrogen and oxygen atoms in total. The summed E-state index contributed by atoms with van der Waals surface area (Å²) in [4.78, 5) is 3.71. The van der Waals surface area contributed by atoms with Gasteiger partial charge in [0, 0.05) is 0 Å². The number of nitrogens with zero attached hydrogens (tertiary/aromatic N) is 3. The summed E-state index contributed by atoms with van der Waals surface area (Å²) in [6, 6.07) is 51.1. The first-order chi connectivity index (χ1) is 23.7. The molecule has 0 fully saturated rings. The average molecular weight is 693 g/mol. The molecule has 0 spiro atoms. The summed E-state index contributed by atoms with van der Waals surface area (Å²) in [6.45, 7) is 7.59. The molecule has 222 valence electrons. The quantitative estimate of drug-likeness (QED) is 0.126. The molecule has 0 saturated carbocycles. The number of aromatic nitrogens is 2. The number of hydrogen-bond donors (Lipinski definition) is 0. The van der Waals surface area contributed by atoms with Gasteiger partial charge in [-0.05, 0) is 0 Å². The summed E-state index contributed by atoms with van der Waals surface area (Å²) >= 11 is 2.12. The standard InChI is InChI=1S/C43H23N3SSe/c1-44-25-14-17-38-31(20-25)28-8-2-5-11-36(28)45(38)26-15-18-42-34(21-26)35-22-27(16-19-43(35)48-42)46-37-12-6-3-9-29(37)32-23-33-30-10-4-7-13-40(30)47-41(33)24-39(32)46/h2-24H. The van der Waals surface area contributed by atoms with Crippen LogP contribution in [0.3, 0.4) is 0 Å². The molecule has 0 N–H and O–H groups in total. The van der Waals surface area contributed by atoms with Gasteiger partial charge >= 0.3 is 286 Å². The number of rotatable bonds is 2. The fourth-order valence-electron chi connectivity index (χ4n) is 7.81. The van der Waals surface area contributed by atoms with Crippen molar-refractivity contribution in [2.24, 2.45) is 0 Å². The number of hydrogen-bond acceptors (Lipinski definition) is 1. The van der Waals surface area contributed by atoms with E-state index in [1.165, 1.54) is 72.3 Å². The molecular weight excluding hydrogens is 670 g/mol. The number of para-hydroxylation sites is 2. The Morgan fingerprint density at radius 2 is 1.02 bits per heavy atom. The van der Waals surface area contributed by atoms with Crippen molar-refractivity contribution in [3.05, 3.63) is 151 Å². The van der Waals surface area contributed by atoms with Gasteiger partial charge in [0.15, 0.2) is 0 Å². The number of fused-ring (bicyclic) bond motifs is 12. The maximum absolute atomic E-state index is 7.59. The van der Waals surface area contributed by atoms with Crippen LogP contribution in [-0.4, -0.2) is 23.6 Å². The zero-order valence-corrected chi connectivity index (χ0v) is 28.0. The van der Waals surface area contributed by atoms with Gasteiger partial charge in [-0.2, -0.15) is 0 Å². The Hall–Kier alpha value is -5.63. The Morgan fingerprint density at radius 1 is 0.438 bits per heavy atom. The van der Waals surface area contributed by atoms with E-state index in [0.717, 1.165) is 22.1 Å². The minimum absolute atomic E-state index is 0.247. The maximum atomic E-state index is 7.59. The van der Waals surface area contributed by atoms with Crippen molar-refractivity contribution >= 4 is 115 Å². The zero-order valence-electron chi connectivity index (χ0n) is 25.4. The molecule has 0 saturated heterocycles. The second-order valence-corrected chi connectivity index (χ2v) is 15.8. The second kappa shape index (κ2) is 9.70. The molecule has 48 heavy (non-hydrogen) atoms. The van der Waals surface area contributed by atoms with E-state index >= 15 is 0 Å². The van der Waals surface area contributed by atoms with Crippen molar-refractivity contribution in [3.63, 3.8) is 0 Å². The van der Waals surface area contributed by atoms with Crippen LogP contribution in [0, 0.1) is 6.57 Å². The van der Waals surface area contributed by atoms with Gasteiger partial charge in [0.2, 0.25) is 0 Å². The third-order valence-corrected chi connectivity index (χ3v) is 13.5. The van der Waals surface area contributed by atoms with E-state index in [0.29, 0.717) is 5.69 Å². The summed E-state index contributed by atoms with van der Waals surface area (Å²) in [5.74, 6) is 0. The van der Waals surface area contributed by atoms with Crippen LogP contribution in [0.2, 0.25) is 0 Å². The molecule has 4 aromatic heterocycles. The van der Waals surface area contributed by atoms with Crippen LogP contribution in [0.25, 0.3) is 99.3 Å². The van der Waals surface area contributed by atoms with E-state index in [1.807, 2.05) is 23.5 Å². The van der Waals surface area contributed by atoms with Crippen LogP contribution in [-0.2, 0) is 0 Å². The molecule has 0 radical (unpaired) electrons.